The second-order valence-electron chi connectivity index (χ2n) is 7.91. The summed E-state index contributed by atoms with van der Waals surface area (Å²) in [7, 11) is 0. The lowest BCUT2D eigenvalue weighted by atomic mass is 9.99. The van der Waals surface area contributed by atoms with Gasteiger partial charge in [-0.05, 0) is 80.7 Å². The predicted octanol–water partition coefficient (Wildman–Crippen LogP) is 5.15. The highest BCUT2D eigenvalue weighted by Gasteiger charge is 2.17. The van der Waals surface area contributed by atoms with Crippen molar-refractivity contribution in [1.82, 2.24) is 5.32 Å². The van der Waals surface area contributed by atoms with Gasteiger partial charge in [0.05, 0.1) is 18.2 Å². The van der Waals surface area contributed by atoms with Crippen LogP contribution in [0.4, 0.5) is 11.4 Å². The molecular formula is C24H31N3O2S. The molecule has 1 saturated heterocycles. The van der Waals surface area contributed by atoms with Crippen molar-refractivity contribution >= 4 is 34.7 Å². The minimum absolute atomic E-state index is 0.0626. The summed E-state index contributed by atoms with van der Waals surface area (Å²) < 4.78 is 5.05. The van der Waals surface area contributed by atoms with Gasteiger partial charge in [-0.3, -0.25) is 0 Å². The van der Waals surface area contributed by atoms with Crippen LogP contribution < -0.4 is 15.5 Å². The van der Waals surface area contributed by atoms with E-state index < -0.39 is 0 Å². The fraction of sp³-hybridized carbons (Fsp3) is 0.417. The summed E-state index contributed by atoms with van der Waals surface area (Å²) in [5, 5.41) is 6.98. The number of nitrogens with one attached hydrogen (secondary N) is 2. The molecule has 2 atom stereocenters. The zero-order valence-electron chi connectivity index (χ0n) is 18.0. The minimum Gasteiger partial charge on any atom is -0.462 e. The standard InChI is InChI=1S/C24H31N3O2S/c1-4-29-23(28)20-8-5-9-21(15-20)26-24(30)25-18(3)19-10-12-22(13-11-19)27-14-6-7-17(2)16-27/h5,8-13,15,17-18H,4,6-7,14,16H2,1-3H3,(H2,25,26,30)/t17-,18+/m0/s1. The number of thiocarbonyl (C=S) groups is 1. The van der Waals surface area contributed by atoms with Gasteiger partial charge in [0, 0.05) is 24.5 Å². The Morgan fingerprint density at radius 2 is 2.03 bits per heavy atom. The van der Waals surface area contributed by atoms with Gasteiger partial charge >= 0.3 is 5.97 Å². The maximum atomic E-state index is 11.9. The number of carbonyl (C=O) groups excluding carboxylic acids is 1. The van der Waals surface area contributed by atoms with Gasteiger partial charge < -0.3 is 20.3 Å². The van der Waals surface area contributed by atoms with E-state index in [9.17, 15) is 4.79 Å². The minimum atomic E-state index is -0.336. The predicted molar refractivity (Wildman–Crippen MR) is 127 cm³/mol. The highest BCUT2D eigenvalue weighted by atomic mass is 32.1. The van der Waals surface area contributed by atoms with Gasteiger partial charge in [0.25, 0.3) is 0 Å². The number of rotatable bonds is 6. The first-order chi connectivity index (χ1) is 14.5. The van der Waals surface area contributed by atoms with E-state index in [0.29, 0.717) is 17.3 Å². The molecule has 6 heteroatoms. The number of anilines is 2. The highest BCUT2D eigenvalue weighted by Crippen LogP contribution is 2.24. The molecular weight excluding hydrogens is 394 g/mol. The third-order valence-corrected chi connectivity index (χ3v) is 5.61. The summed E-state index contributed by atoms with van der Waals surface area (Å²) in [5.74, 6) is 0.418. The Bertz CT molecular complexity index is 869. The van der Waals surface area contributed by atoms with Crippen molar-refractivity contribution in [3.63, 3.8) is 0 Å². The first-order valence-corrected chi connectivity index (χ1v) is 11.1. The average molecular weight is 426 g/mol. The van der Waals surface area contributed by atoms with Gasteiger partial charge in [0.2, 0.25) is 0 Å². The zero-order valence-corrected chi connectivity index (χ0v) is 18.8. The molecule has 0 aromatic heterocycles. The lowest BCUT2D eigenvalue weighted by Gasteiger charge is -2.33. The molecule has 2 aromatic rings. The largest absolute Gasteiger partial charge is 0.462 e. The number of ether oxygens (including phenoxy) is 1. The van der Waals surface area contributed by atoms with Crippen molar-refractivity contribution in [3.8, 4) is 0 Å². The summed E-state index contributed by atoms with van der Waals surface area (Å²) in [6, 6.07) is 15.9. The summed E-state index contributed by atoms with van der Waals surface area (Å²) >= 11 is 5.47. The SMILES string of the molecule is CCOC(=O)c1cccc(NC(=S)N[C@H](C)c2ccc(N3CCC[C@H](C)C3)cc2)c1. The Labute approximate surface area is 184 Å². The molecule has 0 aliphatic carbocycles. The molecule has 0 radical (unpaired) electrons. The number of benzene rings is 2. The molecule has 5 nitrogen and oxygen atoms in total. The fourth-order valence-corrected chi connectivity index (χ4v) is 4.08. The highest BCUT2D eigenvalue weighted by molar-refractivity contribution is 7.80. The van der Waals surface area contributed by atoms with Crippen molar-refractivity contribution in [2.75, 3.05) is 29.9 Å². The van der Waals surface area contributed by atoms with Crippen molar-refractivity contribution in [3.05, 3.63) is 59.7 Å². The maximum Gasteiger partial charge on any atom is 0.338 e. The Morgan fingerprint density at radius 3 is 2.73 bits per heavy atom. The summed E-state index contributed by atoms with van der Waals surface area (Å²) in [4.78, 5) is 14.4. The van der Waals surface area contributed by atoms with Gasteiger partial charge in [-0.15, -0.1) is 0 Å². The van der Waals surface area contributed by atoms with E-state index >= 15 is 0 Å². The molecule has 0 bridgehead atoms. The summed E-state index contributed by atoms with van der Waals surface area (Å²) in [6.45, 7) is 8.82. The quantitative estimate of drug-likeness (QED) is 0.493. The zero-order chi connectivity index (χ0) is 21.5. The van der Waals surface area contributed by atoms with E-state index in [1.165, 1.54) is 24.1 Å². The number of hydrogen-bond donors (Lipinski definition) is 2. The molecule has 1 heterocycles. The van der Waals surface area contributed by atoms with Crippen LogP contribution in [0.15, 0.2) is 48.5 Å². The number of piperidine rings is 1. The Morgan fingerprint density at radius 1 is 1.27 bits per heavy atom. The van der Waals surface area contributed by atoms with Crippen LogP contribution in [0, 0.1) is 5.92 Å². The van der Waals surface area contributed by atoms with Gasteiger partial charge in [-0.2, -0.15) is 0 Å². The van der Waals surface area contributed by atoms with Crippen LogP contribution in [0.2, 0.25) is 0 Å². The van der Waals surface area contributed by atoms with Crippen molar-refractivity contribution in [2.45, 2.75) is 39.7 Å². The Kier molecular flexibility index (Phi) is 7.69. The van der Waals surface area contributed by atoms with E-state index in [4.69, 9.17) is 17.0 Å². The van der Waals surface area contributed by atoms with Crippen molar-refractivity contribution in [1.29, 1.82) is 0 Å². The van der Waals surface area contributed by atoms with E-state index in [2.05, 4.69) is 53.6 Å². The van der Waals surface area contributed by atoms with Crippen LogP contribution >= 0.6 is 12.2 Å². The number of esters is 1. The summed E-state index contributed by atoms with van der Waals surface area (Å²) in [5.41, 5.74) is 3.71. The monoisotopic (exact) mass is 425 g/mol. The second-order valence-corrected chi connectivity index (χ2v) is 8.31. The van der Waals surface area contributed by atoms with Gasteiger partial charge in [0.1, 0.15) is 0 Å². The number of hydrogen-bond acceptors (Lipinski definition) is 4. The van der Waals surface area contributed by atoms with Crippen molar-refractivity contribution < 1.29 is 9.53 Å². The molecule has 3 rings (SSSR count). The molecule has 160 valence electrons. The molecule has 0 unspecified atom stereocenters. The lowest BCUT2D eigenvalue weighted by molar-refractivity contribution is 0.0526. The molecule has 1 aliphatic rings. The van der Waals surface area contributed by atoms with Crippen LogP contribution in [-0.4, -0.2) is 30.8 Å². The molecule has 0 spiro atoms. The third kappa shape index (κ3) is 5.95. The molecule has 2 aromatic carbocycles. The molecule has 2 N–H and O–H groups in total. The first-order valence-electron chi connectivity index (χ1n) is 10.7. The van der Waals surface area contributed by atoms with Crippen LogP contribution in [0.5, 0.6) is 0 Å². The average Bonchev–Trinajstić information content (AvgIpc) is 2.74. The Hall–Kier alpha value is -2.60. The molecule has 0 saturated carbocycles. The van der Waals surface area contributed by atoms with Crippen LogP contribution in [-0.2, 0) is 4.74 Å². The van der Waals surface area contributed by atoms with Gasteiger partial charge in [-0.1, -0.05) is 25.1 Å². The van der Waals surface area contributed by atoms with Crippen molar-refractivity contribution in [2.24, 2.45) is 5.92 Å². The maximum absolute atomic E-state index is 11.9. The van der Waals surface area contributed by atoms with E-state index in [-0.39, 0.29) is 12.0 Å². The van der Waals surface area contributed by atoms with E-state index in [0.717, 1.165) is 24.7 Å². The first kappa shape index (κ1) is 22.1. The normalized spacial score (nSPS) is 17.2. The number of nitrogens with zero attached hydrogens (tertiary/aromatic N) is 1. The van der Waals surface area contributed by atoms with E-state index in [1.54, 1.807) is 25.1 Å². The van der Waals surface area contributed by atoms with Gasteiger partial charge in [0.15, 0.2) is 5.11 Å². The van der Waals surface area contributed by atoms with Crippen LogP contribution in [0.1, 0.15) is 55.6 Å². The lowest BCUT2D eigenvalue weighted by Crippen LogP contribution is -2.34. The smallest absolute Gasteiger partial charge is 0.338 e. The van der Waals surface area contributed by atoms with E-state index in [1.807, 2.05) is 6.07 Å². The second kappa shape index (κ2) is 10.4. The molecule has 30 heavy (non-hydrogen) atoms. The Balaban J connectivity index is 1.56. The molecule has 1 fully saturated rings. The van der Waals surface area contributed by atoms with Crippen LogP contribution in [0.25, 0.3) is 0 Å². The molecule has 0 amide bonds. The van der Waals surface area contributed by atoms with Gasteiger partial charge in [-0.25, -0.2) is 4.79 Å². The molecule has 1 aliphatic heterocycles. The number of carbonyl (C=O) groups is 1. The summed E-state index contributed by atoms with van der Waals surface area (Å²) in [6.07, 6.45) is 2.58. The third-order valence-electron chi connectivity index (χ3n) is 5.39. The topological polar surface area (TPSA) is 53.6 Å². The fourth-order valence-electron chi connectivity index (χ4n) is 3.78. The van der Waals surface area contributed by atoms with Crippen LogP contribution in [0.3, 0.4) is 0 Å².